The van der Waals surface area contributed by atoms with Crippen molar-refractivity contribution in [2.45, 2.75) is 31.8 Å². The first-order valence-corrected chi connectivity index (χ1v) is 11.4. The third kappa shape index (κ3) is 5.67. The smallest absolute Gasteiger partial charge is 0.228 e. The molecule has 8 heteroatoms. The van der Waals surface area contributed by atoms with E-state index in [0.717, 1.165) is 31.7 Å². The predicted octanol–water partition coefficient (Wildman–Crippen LogP) is 1.77. The van der Waals surface area contributed by atoms with Crippen molar-refractivity contribution in [2.75, 3.05) is 44.8 Å². The van der Waals surface area contributed by atoms with Crippen LogP contribution in [0.2, 0.25) is 0 Å². The number of amides is 1. The van der Waals surface area contributed by atoms with Crippen LogP contribution in [0.5, 0.6) is 5.75 Å². The number of sulfonamides is 1. The highest BCUT2D eigenvalue weighted by molar-refractivity contribution is 7.88. The standard InChI is InChI=1S/C19H29N3O4S/c1-21-12-9-18(10-13-21)26-17-7-5-16(6-8-17)20-19(23)15-4-3-11-22(14-15)27(2,24)25/h5-8,15,18H,3-4,9-14H2,1-2H3,(H,20,23). The van der Waals surface area contributed by atoms with Crippen LogP contribution in [0.3, 0.4) is 0 Å². The Morgan fingerprint density at radius 1 is 1.11 bits per heavy atom. The first-order valence-electron chi connectivity index (χ1n) is 9.52. The molecule has 0 aliphatic carbocycles. The van der Waals surface area contributed by atoms with Crippen LogP contribution in [0.4, 0.5) is 5.69 Å². The van der Waals surface area contributed by atoms with Crippen molar-refractivity contribution in [3.63, 3.8) is 0 Å². The molecule has 2 fully saturated rings. The number of benzene rings is 1. The molecule has 2 aliphatic heterocycles. The largest absolute Gasteiger partial charge is 0.490 e. The fourth-order valence-electron chi connectivity index (χ4n) is 3.61. The monoisotopic (exact) mass is 395 g/mol. The topological polar surface area (TPSA) is 79.0 Å². The quantitative estimate of drug-likeness (QED) is 0.822. The molecule has 150 valence electrons. The van der Waals surface area contributed by atoms with Crippen molar-refractivity contribution in [1.82, 2.24) is 9.21 Å². The lowest BCUT2D eigenvalue weighted by molar-refractivity contribution is -0.120. The van der Waals surface area contributed by atoms with Crippen molar-refractivity contribution in [2.24, 2.45) is 5.92 Å². The molecule has 0 radical (unpaired) electrons. The molecule has 0 spiro atoms. The number of nitrogens with zero attached hydrogens (tertiary/aromatic N) is 2. The zero-order chi connectivity index (χ0) is 19.4. The van der Waals surface area contributed by atoms with Crippen LogP contribution in [0.15, 0.2) is 24.3 Å². The molecule has 1 atom stereocenters. The molecule has 2 saturated heterocycles. The van der Waals surface area contributed by atoms with Crippen LogP contribution in [0.25, 0.3) is 0 Å². The summed E-state index contributed by atoms with van der Waals surface area (Å²) < 4.78 is 30.8. The van der Waals surface area contributed by atoms with Crippen LogP contribution in [0.1, 0.15) is 25.7 Å². The lowest BCUT2D eigenvalue weighted by Gasteiger charge is -2.30. The van der Waals surface area contributed by atoms with Crippen molar-refractivity contribution < 1.29 is 17.9 Å². The first-order chi connectivity index (χ1) is 12.8. The van der Waals surface area contributed by atoms with E-state index < -0.39 is 10.0 Å². The van der Waals surface area contributed by atoms with Crippen molar-refractivity contribution in [3.8, 4) is 5.75 Å². The Hall–Kier alpha value is -1.64. The minimum Gasteiger partial charge on any atom is -0.490 e. The number of rotatable bonds is 5. The molecule has 1 unspecified atom stereocenters. The number of carbonyl (C=O) groups excluding carboxylic acids is 1. The molecule has 2 aliphatic rings. The third-order valence-corrected chi connectivity index (χ3v) is 6.58. The number of hydrogen-bond donors (Lipinski definition) is 1. The second-order valence-corrected chi connectivity index (χ2v) is 9.58. The number of hydrogen-bond acceptors (Lipinski definition) is 5. The van der Waals surface area contributed by atoms with Gasteiger partial charge in [0.1, 0.15) is 11.9 Å². The van der Waals surface area contributed by atoms with E-state index in [1.807, 2.05) is 24.3 Å². The Kier molecular flexibility index (Phi) is 6.39. The van der Waals surface area contributed by atoms with Gasteiger partial charge in [-0.05, 0) is 57.0 Å². The summed E-state index contributed by atoms with van der Waals surface area (Å²) in [6.45, 7) is 2.84. The zero-order valence-electron chi connectivity index (χ0n) is 16.1. The van der Waals surface area contributed by atoms with E-state index in [2.05, 4.69) is 17.3 Å². The fourth-order valence-corrected chi connectivity index (χ4v) is 4.53. The van der Waals surface area contributed by atoms with E-state index in [-0.39, 0.29) is 24.5 Å². The molecule has 0 saturated carbocycles. The second kappa shape index (κ2) is 8.58. The highest BCUT2D eigenvalue weighted by atomic mass is 32.2. The van der Waals surface area contributed by atoms with Gasteiger partial charge < -0.3 is 15.0 Å². The van der Waals surface area contributed by atoms with Gasteiger partial charge in [-0.3, -0.25) is 4.79 Å². The highest BCUT2D eigenvalue weighted by Crippen LogP contribution is 2.23. The Labute approximate surface area is 161 Å². The molecular weight excluding hydrogens is 366 g/mol. The van der Waals surface area contributed by atoms with Crippen LogP contribution in [-0.2, 0) is 14.8 Å². The van der Waals surface area contributed by atoms with E-state index in [4.69, 9.17) is 4.74 Å². The Morgan fingerprint density at radius 3 is 2.41 bits per heavy atom. The lowest BCUT2D eigenvalue weighted by atomic mass is 9.98. The first kappa shape index (κ1) is 20.1. The minimum atomic E-state index is -3.25. The van der Waals surface area contributed by atoms with Gasteiger partial charge in [0.25, 0.3) is 0 Å². The van der Waals surface area contributed by atoms with Gasteiger partial charge in [0.2, 0.25) is 15.9 Å². The summed E-state index contributed by atoms with van der Waals surface area (Å²) in [4.78, 5) is 14.8. The normalized spacial score (nSPS) is 23.1. The molecule has 3 rings (SSSR count). The Bertz CT molecular complexity index is 743. The van der Waals surface area contributed by atoms with Crippen LogP contribution < -0.4 is 10.1 Å². The summed E-state index contributed by atoms with van der Waals surface area (Å²) in [5, 5.41) is 2.90. The van der Waals surface area contributed by atoms with Gasteiger partial charge in [-0.15, -0.1) is 0 Å². The molecule has 2 heterocycles. The van der Waals surface area contributed by atoms with Crippen LogP contribution in [-0.4, -0.2) is 69.1 Å². The maximum atomic E-state index is 12.5. The van der Waals surface area contributed by atoms with Gasteiger partial charge in [0, 0.05) is 31.9 Å². The third-order valence-electron chi connectivity index (χ3n) is 5.31. The summed E-state index contributed by atoms with van der Waals surface area (Å²) in [5.74, 6) is 0.361. The van der Waals surface area contributed by atoms with Crippen LogP contribution >= 0.6 is 0 Å². The number of anilines is 1. The maximum absolute atomic E-state index is 12.5. The van der Waals surface area contributed by atoms with Gasteiger partial charge >= 0.3 is 0 Å². The molecule has 1 aromatic rings. The number of carbonyl (C=O) groups is 1. The molecule has 0 aromatic heterocycles. The summed E-state index contributed by atoms with van der Waals surface area (Å²) in [6.07, 6.45) is 4.88. The molecule has 1 amide bonds. The average Bonchev–Trinajstić information content (AvgIpc) is 2.64. The number of nitrogens with one attached hydrogen (secondary N) is 1. The molecule has 1 aromatic carbocycles. The number of likely N-dealkylation sites (tertiary alicyclic amines) is 1. The van der Waals surface area contributed by atoms with E-state index in [0.29, 0.717) is 25.1 Å². The van der Waals surface area contributed by atoms with Gasteiger partial charge in [-0.2, -0.15) is 0 Å². The maximum Gasteiger partial charge on any atom is 0.228 e. The molecular formula is C19H29N3O4S. The van der Waals surface area contributed by atoms with Crippen molar-refractivity contribution in [1.29, 1.82) is 0 Å². The molecule has 1 N–H and O–H groups in total. The Balaban J connectivity index is 1.52. The number of piperidine rings is 2. The average molecular weight is 396 g/mol. The highest BCUT2D eigenvalue weighted by Gasteiger charge is 2.30. The zero-order valence-corrected chi connectivity index (χ0v) is 16.9. The molecule has 0 bridgehead atoms. The summed E-state index contributed by atoms with van der Waals surface area (Å²) in [6, 6.07) is 7.41. The van der Waals surface area contributed by atoms with Crippen molar-refractivity contribution in [3.05, 3.63) is 24.3 Å². The van der Waals surface area contributed by atoms with Gasteiger partial charge in [0.15, 0.2) is 0 Å². The van der Waals surface area contributed by atoms with E-state index in [1.54, 1.807) is 0 Å². The lowest BCUT2D eigenvalue weighted by Crippen LogP contribution is -2.43. The molecule has 7 nitrogen and oxygen atoms in total. The minimum absolute atomic E-state index is 0.132. The summed E-state index contributed by atoms with van der Waals surface area (Å²) in [5.41, 5.74) is 0.701. The fraction of sp³-hybridized carbons (Fsp3) is 0.632. The van der Waals surface area contributed by atoms with Gasteiger partial charge in [-0.1, -0.05) is 0 Å². The summed E-state index contributed by atoms with van der Waals surface area (Å²) >= 11 is 0. The van der Waals surface area contributed by atoms with Gasteiger partial charge in [0.05, 0.1) is 12.2 Å². The summed E-state index contributed by atoms with van der Waals surface area (Å²) in [7, 11) is -1.13. The van der Waals surface area contributed by atoms with E-state index >= 15 is 0 Å². The second-order valence-electron chi connectivity index (χ2n) is 7.59. The van der Waals surface area contributed by atoms with E-state index in [1.165, 1.54) is 10.6 Å². The van der Waals surface area contributed by atoms with E-state index in [9.17, 15) is 13.2 Å². The number of ether oxygens (including phenoxy) is 1. The van der Waals surface area contributed by atoms with Crippen LogP contribution in [0, 0.1) is 5.92 Å². The molecule has 27 heavy (non-hydrogen) atoms. The van der Waals surface area contributed by atoms with Gasteiger partial charge in [-0.25, -0.2) is 12.7 Å². The SMILES string of the molecule is CN1CCC(Oc2ccc(NC(=O)C3CCCN(S(C)(=O)=O)C3)cc2)CC1. The van der Waals surface area contributed by atoms with Crippen molar-refractivity contribution >= 4 is 21.6 Å². The Morgan fingerprint density at radius 2 is 1.78 bits per heavy atom. The predicted molar refractivity (Wildman–Crippen MR) is 105 cm³/mol.